The summed E-state index contributed by atoms with van der Waals surface area (Å²) in [4.78, 5) is 20.7. The molecule has 0 aromatic heterocycles. The van der Waals surface area contributed by atoms with Crippen molar-refractivity contribution in [1.82, 2.24) is 5.32 Å². The number of hydrogen-bond donors (Lipinski definition) is 3. The van der Waals surface area contributed by atoms with Gasteiger partial charge in [-0.05, 0) is 0 Å². The molecule has 66 valence electrons. The zero-order valence-electron chi connectivity index (χ0n) is 6.28. The number of aliphatic hydroxyl groups excluding tert-OH is 1. The molecule has 1 aliphatic heterocycles. The van der Waals surface area contributed by atoms with Gasteiger partial charge in [-0.15, -0.1) is 0 Å². The van der Waals surface area contributed by atoms with Crippen molar-refractivity contribution < 1.29 is 19.8 Å². The Morgan fingerprint density at radius 3 is 2.83 bits per heavy atom. The second kappa shape index (κ2) is 3.49. The molecule has 1 saturated heterocycles. The molecular formula is C7H9NO4. The van der Waals surface area contributed by atoms with E-state index in [-0.39, 0.29) is 18.5 Å². The maximum atomic E-state index is 10.5. The first-order valence-electron chi connectivity index (χ1n) is 3.53. The van der Waals surface area contributed by atoms with Crippen molar-refractivity contribution in [3.8, 4) is 0 Å². The number of carboxylic acids is 1. The second-order valence-corrected chi connectivity index (χ2v) is 2.66. The van der Waals surface area contributed by atoms with Gasteiger partial charge in [-0.2, -0.15) is 0 Å². The standard InChI is InChI=1S/C7H9NO4/c9-3-4-1-5(10)2-8-6(4)7(11)12/h5-6,8,10H,1-2H2,(H,11,12). The highest BCUT2D eigenvalue weighted by atomic mass is 16.4. The van der Waals surface area contributed by atoms with Gasteiger partial charge in [0.1, 0.15) is 12.0 Å². The molecule has 1 aliphatic rings. The SMILES string of the molecule is O=C=C1CC(O)CNC1C(=O)O. The molecule has 0 amide bonds. The predicted octanol–water partition coefficient (Wildman–Crippen LogP) is -1.45. The number of nitrogens with one attached hydrogen (secondary N) is 1. The van der Waals surface area contributed by atoms with Gasteiger partial charge in [-0.1, -0.05) is 0 Å². The molecule has 5 nitrogen and oxygen atoms in total. The van der Waals surface area contributed by atoms with Crippen LogP contribution >= 0.6 is 0 Å². The van der Waals surface area contributed by atoms with Gasteiger partial charge in [0.15, 0.2) is 0 Å². The maximum absolute atomic E-state index is 10.5. The summed E-state index contributed by atoms with van der Waals surface area (Å²) in [5, 5.41) is 20.2. The van der Waals surface area contributed by atoms with E-state index in [2.05, 4.69) is 5.32 Å². The maximum Gasteiger partial charge on any atom is 0.325 e. The van der Waals surface area contributed by atoms with Gasteiger partial charge in [-0.3, -0.25) is 10.1 Å². The summed E-state index contributed by atoms with van der Waals surface area (Å²) in [6.07, 6.45) is -0.593. The predicted molar refractivity (Wildman–Crippen MR) is 39.3 cm³/mol. The summed E-state index contributed by atoms with van der Waals surface area (Å²) in [7, 11) is 0. The van der Waals surface area contributed by atoms with Crippen molar-refractivity contribution in [1.29, 1.82) is 0 Å². The molecule has 2 atom stereocenters. The van der Waals surface area contributed by atoms with Gasteiger partial charge in [0.05, 0.1) is 6.10 Å². The Kier molecular flexibility index (Phi) is 2.60. The molecule has 2 unspecified atom stereocenters. The first-order chi connectivity index (χ1) is 5.65. The third kappa shape index (κ3) is 1.71. The lowest BCUT2D eigenvalue weighted by molar-refractivity contribution is -0.138. The Morgan fingerprint density at radius 2 is 2.33 bits per heavy atom. The number of carbonyl (C=O) groups is 1. The quantitative estimate of drug-likeness (QED) is 0.420. The van der Waals surface area contributed by atoms with Gasteiger partial charge >= 0.3 is 5.97 Å². The smallest absolute Gasteiger partial charge is 0.325 e. The normalized spacial score (nSPS) is 29.6. The summed E-state index contributed by atoms with van der Waals surface area (Å²) in [6.45, 7) is 0.197. The Balaban J connectivity index is 2.77. The monoisotopic (exact) mass is 171 g/mol. The van der Waals surface area contributed by atoms with Crippen LogP contribution in [0.3, 0.4) is 0 Å². The van der Waals surface area contributed by atoms with Crippen LogP contribution in [0.1, 0.15) is 6.42 Å². The van der Waals surface area contributed by atoms with Gasteiger partial charge < -0.3 is 10.2 Å². The Labute approximate surface area is 68.7 Å². The third-order valence-corrected chi connectivity index (χ3v) is 1.74. The van der Waals surface area contributed by atoms with Crippen LogP contribution < -0.4 is 5.32 Å². The molecule has 1 heterocycles. The first kappa shape index (κ1) is 8.93. The molecule has 0 spiro atoms. The molecule has 0 radical (unpaired) electrons. The first-order valence-corrected chi connectivity index (χ1v) is 3.53. The highest BCUT2D eigenvalue weighted by molar-refractivity contribution is 5.81. The molecule has 1 rings (SSSR count). The molecule has 5 heteroatoms. The number of β-amino-alcohol motifs (C(OH)–C–C–N with tert-alkyl or cyclic N) is 1. The van der Waals surface area contributed by atoms with E-state index in [4.69, 9.17) is 10.2 Å². The average molecular weight is 171 g/mol. The fraction of sp³-hybridized carbons (Fsp3) is 0.571. The largest absolute Gasteiger partial charge is 0.480 e. The van der Waals surface area contributed by atoms with Crippen LogP contribution in [0.25, 0.3) is 0 Å². The van der Waals surface area contributed by atoms with Crippen molar-refractivity contribution in [2.45, 2.75) is 18.6 Å². The molecule has 1 fully saturated rings. The highest BCUT2D eigenvalue weighted by Gasteiger charge is 2.29. The number of hydrogen-bond acceptors (Lipinski definition) is 4. The molecule has 0 saturated carbocycles. The fourth-order valence-electron chi connectivity index (χ4n) is 1.16. The third-order valence-electron chi connectivity index (χ3n) is 1.74. The molecular weight excluding hydrogens is 162 g/mol. The zero-order chi connectivity index (χ0) is 9.14. The number of aliphatic carboxylic acids is 1. The summed E-state index contributed by atoms with van der Waals surface area (Å²) in [6, 6.07) is -0.981. The lowest BCUT2D eigenvalue weighted by Crippen LogP contribution is -2.47. The van der Waals surface area contributed by atoms with Crippen LogP contribution in [0.5, 0.6) is 0 Å². The van der Waals surface area contributed by atoms with Crippen LogP contribution in [-0.2, 0) is 9.59 Å². The van der Waals surface area contributed by atoms with Crippen LogP contribution in [0.2, 0.25) is 0 Å². The van der Waals surface area contributed by atoms with E-state index in [1.807, 2.05) is 0 Å². The number of carboxylic acid groups (broad SMARTS) is 1. The zero-order valence-corrected chi connectivity index (χ0v) is 6.28. The Bertz CT molecular complexity index is 244. The lowest BCUT2D eigenvalue weighted by atomic mass is 9.97. The van der Waals surface area contributed by atoms with E-state index in [0.717, 1.165) is 0 Å². The van der Waals surface area contributed by atoms with Crippen LogP contribution in [0.4, 0.5) is 0 Å². The van der Waals surface area contributed by atoms with Crippen molar-refractivity contribution in [2.75, 3.05) is 6.54 Å². The van der Waals surface area contributed by atoms with Gasteiger partial charge in [0.25, 0.3) is 0 Å². The summed E-state index contributed by atoms with van der Waals surface area (Å²) in [5.74, 6) is 0.418. The number of carbonyl (C=O) groups excluding carboxylic acids is 1. The van der Waals surface area contributed by atoms with Crippen LogP contribution in [0, 0.1) is 0 Å². The van der Waals surface area contributed by atoms with E-state index in [1.54, 1.807) is 0 Å². The lowest BCUT2D eigenvalue weighted by Gasteiger charge is -2.24. The van der Waals surface area contributed by atoms with Gasteiger partial charge in [0.2, 0.25) is 0 Å². The minimum Gasteiger partial charge on any atom is -0.480 e. The van der Waals surface area contributed by atoms with Crippen LogP contribution in [0.15, 0.2) is 5.57 Å². The highest BCUT2D eigenvalue weighted by Crippen LogP contribution is 2.12. The second-order valence-electron chi connectivity index (χ2n) is 2.66. The van der Waals surface area contributed by atoms with E-state index < -0.39 is 18.1 Å². The number of piperidine rings is 1. The topological polar surface area (TPSA) is 86.6 Å². The van der Waals surface area contributed by atoms with Crippen LogP contribution in [-0.4, -0.2) is 40.8 Å². The minimum atomic E-state index is -1.11. The summed E-state index contributed by atoms with van der Waals surface area (Å²) >= 11 is 0. The van der Waals surface area contributed by atoms with Crippen molar-refractivity contribution in [2.24, 2.45) is 0 Å². The van der Waals surface area contributed by atoms with E-state index in [9.17, 15) is 9.59 Å². The summed E-state index contributed by atoms with van der Waals surface area (Å²) in [5.41, 5.74) is 0.0706. The average Bonchev–Trinajstić information content (AvgIpc) is 2.03. The molecule has 0 aromatic carbocycles. The van der Waals surface area contributed by atoms with Crippen molar-refractivity contribution in [3.63, 3.8) is 0 Å². The van der Waals surface area contributed by atoms with E-state index >= 15 is 0 Å². The van der Waals surface area contributed by atoms with E-state index in [1.165, 1.54) is 5.94 Å². The molecule has 3 N–H and O–H groups in total. The molecule has 0 aliphatic carbocycles. The Morgan fingerprint density at radius 1 is 1.67 bits per heavy atom. The van der Waals surface area contributed by atoms with Crippen molar-refractivity contribution >= 4 is 11.9 Å². The Hall–Kier alpha value is -1.16. The van der Waals surface area contributed by atoms with Crippen molar-refractivity contribution in [3.05, 3.63) is 5.57 Å². The molecule has 0 aromatic rings. The van der Waals surface area contributed by atoms with Gasteiger partial charge in [-0.25, -0.2) is 4.79 Å². The number of aliphatic hydroxyl groups is 1. The van der Waals surface area contributed by atoms with E-state index in [0.29, 0.717) is 0 Å². The summed E-state index contributed by atoms with van der Waals surface area (Å²) < 4.78 is 0. The van der Waals surface area contributed by atoms with Gasteiger partial charge in [0, 0.05) is 18.5 Å². The molecule has 0 bridgehead atoms. The minimum absolute atomic E-state index is 0.0706. The fourth-order valence-corrected chi connectivity index (χ4v) is 1.16. The number of rotatable bonds is 1. The molecule has 12 heavy (non-hydrogen) atoms.